The third-order valence-electron chi connectivity index (χ3n) is 2.95. The molecule has 1 unspecified atom stereocenters. The summed E-state index contributed by atoms with van der Waals surface area (Å²) in [6.45, 7) is 10.2. The fourth-order valence-electron chi connectivity index (χ4n) is 1.92. The monoisotopic (exact) mass is 239 g/mol. The molecule has 0 saturated carbocycles. The summed E-state index contributed by atoms with van der Waals surface area (Å²) >= 11 is 1.86. The summed E-state index contributed by atoms with van der Waals surface area (Å²) in [4.78, 5) is 1.49. The molecule has 1 aromatic rings. The molecule has 0 aliphatic heterocycles. The second-order valence-corrected chi connectivity index (χ2v) is 5.98. The molecule has 92 valence electrons. The zero-order valence-electron chi connectivity index (χ0n) is 11.0. The lowest BCUT2D eigenvalue weighted by Gasteiger charge is -2.13. The van der Waals surface area contributed by atoms with Crippen LogP contribution in [0.2, 0.25) is 0 Å². The van der Waals surface area contributed by atoms with E-state index in [1.807, 2.05) is 11.3 Å². The van der Waals surface area contributed by atoms with E-state index in [1.165, 1.54) is 29.7 Å². The second kappa shape index (κ2) is 7.08. The average molecular weight is 239 g/mol. The van der Waals surface area contributed by atoms with Crippen LogP contribution >= 0.6 is 11.3 Å². The lowest BCUT2D eigenvalue weighted by molar-refractivity contribution is 0.500. The number of thiophene rings is 1. The largest absolute Gasteiger partial charge is 0.309 e. The molecule has 0 aliphatic carbocycles. The van der Waals surface area contributed by atoms with Gasteiger partial charge in [0.25, 0.3) is 0 Å². The summed E-state index contributed by atoms with van der Waals surface area (Å²) in [5.41, 5.74) is 1.42. The molecular formula is C14H25NS. The van der Waals surface area contributed by atoms with Gasteiger partial charge in [-0.05, 0) is 49.7 Å². The quantitative estimate of drug-likeness (QED) is 0.689. The molecule has 16 heavy (non-hydrogen) atoms. The lowest BCUT2D eigenvalue weighted by Crippen LogP contribution is -2.19. The van der Waals surface area contributed by atoms with Gasteiger partial charge in [0.15, 0.2) is 0 Å². The Bertz CT molecular complexity index is 291. The lowest BCUT2D eigenvalue weighted by atomic mass is 10.1. The van der Waals surface area contributed by atoms with Crippen molar-refractivity contribution in [3.05, 3.63) is 21.9 Å². The molecular weight excluding hydrogens is 214 g/mol. The molecule has 1 heterocycles. The van der Waals surface area contributed by atoms with Gasteiger partial charge in [0.2, 0.25) is 0 Å². The maximum atomic E-state index is 3.61. The molecule has 0 saturated heterocycles. The van der Waals surface area contributed by atoms with Crippen LogP contribution in [0.5, 0.6) is 0 Å². The zero-order valence-corrected chi connectivity index (χ0v) is 11.9. The molecule has 0 fully saturated rings. The zero-order chi connectivity index (χ0) is 12.0. The van der Waals surface area contributed by atoms with Crippen LogP contribution in [0.25, 0.3) is 0 Å². The second-order valence-electron chi connectivity index (χ2n) is 5.03. The van der Waals surface area contributed by atoms with Crippen molar-refractivity contribution in [2.75, 3.05) is 6.54 Å². The standard InChI is InChI=1S/C14H25NS/c1-11(2)7-5-6-9-15-13(4)14-12(3)8-10-16-14/h8,10-11,13,15H,5-7,9H2,1-4H3. The molecule has 1 atom stereocenters. The summed E-state index contributed by atoms with van der Waals surface area (Å²) in [5.74, 6) is 0.844. The molecule has 1 aromatic heterocycles. The molecule has 1 nitrogen and oxygen atoms in total. The van der Waals surface area contributed by atoms with Crippen molar-refractivity contribution < 1.29 is 0 Å². The van der Waals surface area contributed by atoms with E-state index in [-0.39, 0.29) is 0 Å². The highest BCUT2D eigenvalue weighted by Gasteiger charge is 2.08. The Morgan fingerprint density at radius 1 is 1.25 bits per heavy atom. The van der Waals surface area contributed by atoms with Crippen LogP contribution in [0, 0.1) is 12.8 Å². The number of nitrogens with one attached hydrogen (secondary N) is 1. The van der Waals surface area contributed by atoms with E-state index in [0.717, 1.165) is 12.5 Å². The van der Waals surface area contributed by atoms with Crippen LogP contribution in [0.1, 0.15) is 56.5 Å². The number of aryl methyl sites for hydroxylation is 1. The van der Waals surface area contributed by atoms with E-state index in [0.29, 0.717) is 6.04 Å². The van der Waals surface area contributed by atoms with Gasteiger partial charge in [0, 0.05) is 10.9 Å². The van der Waals surface area contributed by atoms with Gasteiger partial charge in [-0.3, -0.25) is 0 Å². The number of unbranched alkanes of at least 4 members (excludes halogenated alkanes) is 1. The maximum Gasteiger partial charge on any atom is 0.0388 e. The molecule has 0 spiro atoms. The first kappa shape index (κ1) is 13.7. The fraction of sp³-hybridized carbons (Fsp3) is 0.714. The first-order valence-corrected chi connectivity index (χ1v) is 7.26. The third-order valence-corrected chi connectivity index (χ3v) is 4.16. The molecule has 1 rings (SSSR count). The Balaban J connectivity index is 2.16. The van der Waals surface area contributed by atoms with Gasteiger partial charge in [-0.15, -0.1) is 11.3 Å². The van der Waals surface area contributed by atoms with E-state index >= 15 is 0 Å². The van der Waals surface area contributed by atoms with Gasteiger partial charge in [-0.1, -0.05) is 26.7 Å². The van der Waals surface area contributed by atoms with Crippen molar-refractivity contribution in [3.63, 3.8) is 0 Å². The van der Waals surface area contributed by atoms with E-state index in [2.05, 4.69) is 44.5 Å². The molecule has 0 aromatic carbocycles. The summed E-state index contributed by atoms with van der Waals surface area (Å²) in [5, 5.41) is 5.79. The van der Waals surface area contributed by atoms with Crippen LogP contribution in [-0.4, -0.2) is 6.54 Å². The van der Waals surface area contributed by atoms with E-state index in [1.54, 1.807) is 0 Å². The topological polar surface area (TPSA) is 12.0 Å². The molecule has 0 radical (unpaired) electrons. The van der Waals surface area contributed by atoms with Gasteiger partial charge in [0.1, 0.15) is 0 Å². The minimum atomic E-state index is 0.513. The Morgan fingerprint density at radius 2 is 2.00 bits per heavy atom. The van der Waals surface area contributed by atoms with Crippen molar-refractivity contribution in [3.8, 4) is 0 Å². The maximum absolute atomic E-state index is 3.61. The van der Waals surface area contributed by atoms with Gasteiger partial charge < -0.3 is 5.32 Å². The summed E-state index contributed by atoms with van der Waals surface area (Å²) in [6.07, 6.45) is 4.00. The summed E-state index contributed by atoms with van der Waals surface area (Å²) in [7, 11) is 0. The van der Waals surface area contributed by atoms with Crippen LogP contribution in [-0.2, 0) is 0 Å². The van der Waals surface area contributed by atoms with Crippen molar-refractivity contribution >= 4 is 11.3 Å². The minimum absolute atomic E-state index is 0.513. The molecule has 0 amide bonds. The smallest absolute Gasteiger partial charge is 0.0388 e. The highest BCUT2D eigenvalue weighted by Crippen LogP contribution is 2.23. The predicted molar refractivity (Wildman–Crippen MR) is 74.2 cm³/mol. The Hall–Kier alpha value is -0.340. The number of rotatable bonds is 7. The van der Waals surface area contributed by atoms with Crippen LogP contribution in [0.15, 0.2) is 11.4 Å². The molecule has 0 aliphatic rings. The van der Waals surface area contributed by atoms with Crippen LogP contribution in [0.4, 0.5) is 0 Å². The highest BCUT2D eigenvalue weighted by molar-refractivity contribution is 7.10. The first-order chi connectivity index (χ1) is 7.61. The molecule has 2 heteroatoms. The fourth-order valence-corrected chi connectivity index (χ4v) is 2.88. The predicted octanol–water partition coefficient (Wildman–Crippen LogP) is 4.53. The first-order valence-electron chi connectivity index (χ1n) is 6.38. The highest BCUT2D eigenvalue weighted by atomic mass is 32.1. The average Bonchev–Trinajstić information content (AvgIpc) is 2.63. The summed E-state index contributed by atoms with van der Waals surface area (Å²) < 4.78 is 0. The Kier molecular flexibility index (Phi) is 6.07. The van der Waals surface area contributed by atoms with Gasteiger partial charge in [0.05, 0.1) is 0 Å². The van der Waals surface area contributed by atoms with Crippen molar-refractivity contribution in [1.82, 2.24) is 5.32 Å². The number of hydrogen-bond acceptors (Lipinski definition) is 2. The van der Waals surface area contributed by atoms with E-state index in [4.69, 9.17) is 0 Å². The SMILES string of the molecule is Cc1ccsc1C(C)NCCCCC(C)C. The van der Waals surface area contributed by atoms with Crippen LogP contribution < -0.4 is 5.32 Å². The molecule has 1 N–H and O–H groups in total. The van der Waals surface area contributed by atoms with Gasteiger partial charge in [-0.25, -0.2) is 0 Å². The van der Waals surface area contributed by atoms with Crippen molar-refractivity contribution in [1.29, 1.82) is 0 Å². The van der Waals surface area contributed by atoms with Crippen molar-refractivity contribution in [2.45, 2.75) is 53.0 Å². The Labute approximate surface area is 104 Å². The van der Waals surface area contributed by atoms with E-state index < -0.39 is 0 Å². The minimum Gasteiger partial charge on any atom is -0.309 e. The number of hydrogen-bond donors (Lipinski definition) is 1. The van der Waals surface area contributed by atoms with E-state index in [9.17, 15) is 0 Å². The normalized spacial score (nSPS) is 13.3. The molecule has 0 bridgehead atoms. The Morgan fingerprint density at radius 3 is 2.56 bits per heavy atom. The third kappa shape index (κ3) is 4.67. The van der Waals surface area contributed by atoms with Crippen LogP contribution in [0.3, 0.4) is 0 Å². The van der Waals surface area contributed by atoms with Crippen molar-refractivity contribution in [2.24, 2.45) is 5.92 Å². The van der Waals surface area contributed by atoms with Gasteiger partial charge >= 0.3 is 0 Å². The van der Waals surface area contributed by atoms with Gasteiger partial charge in [-0.2, -0.15) is 0 Å². The summed E-state index contributed by atoms with van der Waals surface area (Å²) in [6, 6.07) is 2.72.